The lowest BCUT2D eigenvalue weighted by Crippen LogP contribution is -2.50. The highest BCUT2D eigenvalue weighted by Crippen LogP contribution is 2.31. The highest BCUT2D eigenvalue weighted by molar-refractivity contribution is 5.80. The van der Waals surface area contributed by atoms with Crippen molar-refractivity contribution in [3.8, 4) is 0 Å². The molecule has 0 aromatic rings. The molecule has 0 heterocycles. The molecule has 1 amide bonds. The van der Waals surface area contributed by atoms with Crippen LogP contribution in [0, 0.1) is 5.92 Å². The van der Waals surface area contributed by atoms with Crippen molar-refractivity contribution >= 4 is 5.91 Å². The fourth-order valence-electron chi connectivity index (χ4n) is 1.95. The molecular weight excluding hydrogens is 174 g/mol. The van der Waals surface area contributed by atoms with E-state index in [0.717, 1.165) is 25.8 Å². The SMILES string of the molecule is CCN(C(=O)C1CCC1)C(C)(C)CC. The third kappa shape index (κ3) is 2.10. The summed E-state index contributed by atoms with van der Waals surface area (Å²) in [5, 5.41) is 0. The van der Waals surface area contributed by atoms with Gasteiger partial charge < -0.3 is 4.90 Å². The third-order valence-corrected chi connectivity index (χ3v) is 3.63. The topological polar surface area (TPSA) is 20.3 Å². The molecule has 0 atom stereocenters. The number of rotatable bonds is 4. The molecule has 0 N–H and O–H groups in total. The van der Waals surface area contributed by atoms with Crippen molar-refractivity contribution in [3.63, 3.8) is 0 Å². The van der Waals surface area contributed by atoms with Crippen LogP contribution in [0.3, 0.4) is 0 Å². The van der Waals surface area contributed by atoms with Gasteiger partial charge in [0.1, 0.15) is 0 Å². The average molecular weight is 197 g/mol. The Balaban J connectivity index is 2.64. The Kier molecular flexibility index (Phi) is 3.57. The molecule has 0 spiro atoms. The van der Waals surface area contributed by atoms with Gasteiger partial charge in [0.05, 0.1) is 0 Å². The van der Waals surface area contributed by atoms with Crippen molar-refractivity contribution in [1.29, 1.82) is 0 Å². The summed E-state index contributed by atoms with van der Waals surface area (Å²) < 4.78 is 0. The summed E-state index contributed by atoms with van der Waals surface area (Å²) in [5.41, 5.74) is 0.0292. The van der Waals surface area contributed by atoms with Gasteiger partial charge >= 0.3 is 0 Å². The third-order valence-electron chi connectivity index (χ3n) is 3.63. The highest BCUT2D eigenvalue weighted by atomic mass is 16.2. The van der Waals surface area contributed by atoms with Gasteiger partial charge in [0, 0.05) is 18.0 Å². The summed E-state index contributed by atoms with van der Waals surface area (Å²) in [5.74, 6) is 0.714. The largest absolute Gasteiger partial charge is 0.338 e. The Labute approximate surface area is 87.7 Å². The van der Waals surface area contributed by atoms with Crippen LogP contribution < -0.4 is 0 Å². The summed E-state index contributed by atoms with van der Waals surface area (Å²) in [6.45, 7) is 9.39. The first-order valence-electron chi connectivity index (χ1n) is 5.84. The molecule has 1 fully saturated rings. The van der Waals surface area contributed by atoms with Crippen molar-refractivity contribution in [1.82, 2.24) is 4.90 Å². The highest BCUT2D eigenvalue weighted by Gasteiger charge is 2.34. The van der Waals surface area contributed by atoms with E-state index < -0.39 is 0 Å². The van der Waals surface area contributed by atoms with E-state index >= 15 is 0 Å². The molecule has 2 heteroatoms. The Morgan fingerprint density at radius 2 is 1.93 bits per heavy atom. The Morgan fingerprint density at radius 1 is 1.36 bits per heavy atom. The molecule has 1 aliphatic carbocycles. The van der Waals surface area contributed by atoms with E-state index in [1.165, 1.54) is 6.42 Å². The number of nitrogens with zero attached hydrogens (tertiary/aromatic N) is 1. The van der Waals surface area contributed by atoms with Crippen LogP contribution in [0.2, 0.25) is 0 Å². The molecule has 0 radical (unpaired) electrons. The molecule has 14 heavy (non-hydrogen) atoms. The molecule has 0 saturated heterocycles. The summed E-state index contributed by atoms with van der Waals surface area (Å²) >= 11 is 0. The molecule has 1 aliphatic rings. The second kappa shape index (κ2) is 4.33. The number of hydrogen-bond acceptors (Lipinski definition) is 1. The second-order valence-corrected chi connectivity index (χ2v) is 4.88. The maximum Gasteiger partial charge on any atom is 0.226 e. The minimum absolute atomic E-state index is 0.0292. The maximum atomic E-state index is 12.1. The van der Waals surface area contributed by atoms with Gasteiger partial charge in [-0.1, -0.05) is 13.3 Å². The zero-order chi connectivity index (χ0) is 10.8. The van der Waals surface area contributed by atoms with Gasteiger partial charge in [-0.2, -0.15) is 0 Å². The van der Waals surface area contributed by atoms with E-state index in [1.54, 1.807) is 0 Å². The normalized spacial score (nSPS) is 17.7. The summed E-state index contributed by atoms with van der Waals surface area (Å²) in [6, 6.07) is 0. The number of amides is 1. The number of carbonyl (C=O) groups is 1. The Hall–Kier alpha value is -0.530. The quantitative estimate of drug-likeness (QED) is 0.678. The van der Waals surface area contributed by atoms with E-state index in [9.17, 15) is 4.79 Å². The van der Waals surface area contributed by atoms with Crippen LogP contribution in [0.1, 0.15) is 53.4 Å². The first kappa shape index (κ1) is 11.5. The van der Waals surface area contributed by atoms with Crippen LogP contribution in [0.15, 0.2) is 0 Å². The van der Waals surface area contributed by atoms with Gasteiger partial charge in [-0.25, -0.2) is 0 Å². The number of carbonyl (C=O) groups excluding carboxylic acids is 1. The van der Waals surface area contributed by atoms with Gasteiger partial charge in [0.2, 0.25) is 5.91 Å². The fourth-order valence-corrected chi connectivity index (χ4v) is 1.95. The molecule has 2 nitrogen and oxygen atoms in total. The Morgan fingerprint density at radius 3 is 2.21 bits per heavy atom. The van der Waals surface area contributed by atoms with Crippen LogP contribution in [0.25, 0.3) is 0 Å². The first-order chi connectivity index (χ1) is 6.53. The van der Waals surface area contributed by atoms with Crippen molar-refractivity contribution < 1.29 is 4.79 Å². The van der Waals surface area contributed by atoms with Crippen LogP contribution >= 0.6 is 0 Å². The minimum atomic E-state index is 0.0292. The molecule has 82 valence electrons. The van der Waals surface area contributed by atoms with Gasteiger partial charge in [-0.3, -0.25) is 4.79 Å². The molecule has 0 aromatic heterocycles. The maximum absolute atomic E-state index is 12.1. The zero-order valence-electron chi connectivity index (χ0n) is 9.97. The van der Waals surface area contributed by atoms with Crippen molar-refractivity contribution in [3.05, 3.63) is 0 Å². The predicted molar refractivity (Wildman–Crippen MR) is 59.1 cm³/mol. The van der Waals surface area contributed by atoms with E-state index in [4.69, 9.17) is 0 Å². The average Bonchev–Trinajstić information content (AvgIpc) is 2.01. The standard InChI is InChI=1S/C12H23NO/c1-5-12(3,4)13(6-2)11(14)10-8-7-9-10/h10H,5-9H2,1-4H3. The molecule has 0 unspecified atom stereocenters. The van der Waals surface area contributed by atoms with Crippen LogP contribution in [0.5, 0.6) is 0 Å². The van der Waals surface area contributed by atoms with Gasteiger partial charge in [-0.15, -0.1) is 0 Å². The molecular formula is C12H23NO. The molecule has 0 aromatic carbocycles. The van der Waals surface area contributed by atoms with Crippen LogP contribution in [-0.4, -0.2) is 22.9 Å². The predicted octanol–water partition coefficient (Wildman–Crippen LogP) is 2.82. The van der Waals surface area contributed by atoms with E-state index in [0.29, 0.717) is 11.8 Å². The van der Waals surface area contributed by atoms with Crippen LogP contribution in [-0.2, 0) is 4.79 Å². The van der Waals surface area contributed by atoms with E-state index in [1.807, 2.05) is 0 Å². The van der Waals surface area contributed by atoms with E-state index in [2.05, 4.69) is 32.6 Å². The minimum Gasteiger partial charge on any atom is -0.338 e. The van der Waals surface area contributed by atoms with E-state index in [-0.39, 0.29) is 5.54 Å². The summed E-state index contributed by atoms with van der Waals surface area (Å²) in [7, 11) is 0. The summed E-state index contributed by atoms with van der Waals surface area (Å²) in [4.78, 5) is 14.1. The summed E-state index contributed by atoms with van der Waals surface area (Å²) in [6.07, 6.45) is 4.48. The monoisotopic (exact) mass is 197 g/mol. The lowest BCUT2D eigenvalue weighted by atomic mass is 9.83. The molecule has 0 aliphatic heterocycles. The molecule has 1 saturated carbocycles. The van der Waals surface area contributed by atoms with Crippen LogP contribution in [0.4, 0.5) is 0 Å². The lowest BCUT2D eigenvalue weighted by molar-refractivity contribution is -0.143. The van der Waals surface area contributed by atoms with Gasteiger partial charge in [-0.05, 0) is 40.0 Å². The second-order valence-electron chi connectivity index (χ2n) is 4.88. The molecule has 0 bridgehead atoms. The Bertz CT molecular complexity index is 206. The van der Waals surface area contributed by atoms with Crippen molar-refractivity contribution in [2.24, 2.45) is 5.92 Å². The molecule has 1 rings (SSSR count). The van der Waals surface area contributed by atoms with Crippen molar-refractivity contribution in [2.75, 3.05) is 6.54 Å². The fraction of sp³-hybridized carbons (Fsp3) is 0.917. The number of hydrogen-bond donors (Lipinski definition) is 0. The van der Waals surface area contributed by atoms with Crippen molar-refractivity contribution in [2.45, 2.75) is 58.9 Å². The van der Waals surface area contributed by atoms with Gasteiger partial charge in [0.25, 0.3) is 0 Å². The zero-order valence-corrected chi connectivity index (χ0v) is 9.97. The van der Waals surface area contributed by atoms with Gasteiger partial charge in [0.15, 0.2) is 0 Å². The lowest BCUT2D eigenvalue weighted by Gasteiger charge is -2.41. The smallest absolute Gasteiger partial charge is 0.226 e. The first-order valence-corrected chi connectivity index (χ1v) is 5.84.